The zero-order valence-electron chi connectivity index (χ0n) is 9.12. The Morgan fingerprint density at radius 1 is 1.29 bits per heavy atom. The Balaban J connectivity index is 2.47. The summed E-state index contributed by atoms with van der Waals surface area (Å²) < 4.78 is 22.5. The van der Waals surface area contributed by atoms with E-state index in [4.69, 9.17) is 0 Å². The van der Waals surface area contributed by atoms with Gasteiger partial charge in [-0.05, 0) is 31.7 Å². The minimum atomic E-state index is -2.70. The fourth-order valence-corrected chi connectivity index (χ4v) is 3.75. The molecule has 0 saturated carbocycles. The summed E-state index contributed by atoms with van der Waals surface area (Å²) in [6.45, 7) is 5.24. The summed E-state index contributed by atoms with van der Waals surface area (Å²) >= 11 is 0. The van der Waals surface area contributed by atoms with Gasteiger partial charge in [0.15, 0.2) is 0 Å². The van der Waals surface area contributed by atoms with Crippen molar-refractivity contribution in [2.24, 2.45) is 5.92 Å². The Labute approximate surface area is 87.2 Å². The molecule has 1 fully saturated rings. The van der Waals surface area contributed by atoms with Gasteiger partial charge in [0.25, 0.3) is 0 Å². The smallest absolute Gasteiger partial charge is 0.150 e. The standard InChI is InChI=1S/C10H21NO2S/c1-3-10(11-4-2)9-5-7-14(12,13)8-6-9/h9-11H,3-8H2,1-2H3. The van der Waals surface area contributed by atoms with E-state index in [9.17, 15) is 8.42 Å². The molecule has 4 heteroatoms. The minimum absolute atomic E-state index is 0.388. The van der Waals surface area contributed by atoms with E-state index in [1.807, 2.05) is 0 Å². The molecule has 0 aliphatic carbocycles. The van der Waals surface area contributed by atoms with Gasteiger partial charge in [0.1, 0.15) is 9.84 Å². The zero-order valence-corrected chi connectivity index (χ0v) is 9.94. The van der Waals surface area contributed by atoms with E-state index in [0.717, 1.165) is 25.8 Å². The fourth-order valence-electron chi connectivity index (χ4n) is 2.22. The molecule has 1 unspecified atom stereocenters. The Kier molecular flexibility index (Phi) is 4.38. The number of hydrogen-bond acceptors (Lipinski definition) is 3. The van der Waals surface area contributed by atoms with Gasteiger partial charge in [-0.3, -0.25) is 0 Å². The van der Waals surface area contributed by atoms with Crippen LogP contribution in [0.2, 0.25) is 0 Å². The summed E-state index contributed by atoms with van der Waals surface area (Å²) in [4.78, 5) is 0. The van der Waals surface area contributed by atoms with Crippen molar-refractivity contribution < 1.29 is 8.42 Å². The summed E-state index contributed by atoms with van der Waals surface area (Å²) in [5.74, 6) is 1.34. The lowest BCUT2D eigenvalue weighted by Crippen LogP contribution is -2.39. The van der Waals surface area contributed by atoms with Crippen molar-refractivity contribution in [1.82, 2.24) is 5.32 Å². The molecule has 0 aromatic rings. The largest absolute Gasteiger partial charge is 0.314 e. The van der Waals surface area contributed by atoms with Gasteiger partial charge in [-0.1, -0.05) is 13.8 Å². The Hall–Kier alpha value is -0.0900. The third-order valence-electron chi connectivity index (χ3n) is 3.07. The average molecular weight is 219 g/mol. The molecule has 1 N–H and O–H groups in total. The first-order valence-corrected chi connectivity index (χ1v) is 7.35. The Morgan fingerprint density at radius 2 is 1.86 bits per heavy atom. The van der Waals surface area contributed by atoms with E-state index >= 15 is 0 Å². The van der Waals surface area contributed by atoms with Crippen LogP contribution < -0.4 is 5.32 Å². The lowest BCUT2D eigenvalue weighted by molar-refractivity contribution is 0.324. The summed E-state index contributed by atoms with van der Waals surface area (Å²) in [6.07, 6.45) is 2.78. The van der Waals surface area contributed by atoms with Crippen molar-refractivity contribution in [3.8, 4) is 0 Å². The molecule has 1 heterocycles. The van der Waals surface area contributed by atoms with E-state index in [1.54, 1.807) is 0 Å². The SMILES string of the molecule is CCNC(CC)C1CCS(=O)(=O)CC1. The molecule has 1 atom stereocenters. The lowest BCUT2D eigenvalue weighted by atomic mass is 9.92. The van der Waals surface area contributed by atoms with Crippen molar-refractivity contribution in [2.45, 2.75) is 39.2 Å². The molecule has 0 radical (unpaired) electrons. The Bertz CT molecular complexity index is 247. The van der Waals surface area contributed by atoms with E-state index in [-0.39, 0.29) is 0 Å². The van der Waals surface area contributed by atoms with Crippen LogP contribution in [0.5, 0.6) is 0 Å². The van der Waals surface area contributed by atoms with Gasteiger partial charge in [0.2, 0.25) is 0 Å². The third-order valence-corrected chi connectivity index (χ3v) is 4.79. The summed E-state index contributed by atoms with van der Waals surface area (Å²) in [5, 5.41) is 3.43. The maximum Gasteiger partial charge on any atom is 0.150 e. The van der Waals surface area contributed by atoms with Gasteiger partial charge in [0.05, 0.1) is 11.5 Å². The first-order chi connectivity index (χ1) is 6.59. The van der Waals surface area contributed by atoms with Crippen LogP contribution in [0.4, 0.5) is 0 Å². The second kappa shape index (κ2) is 5.12. The van der Waals surface area contributed by atoms with E-state index < -0.39 is 9.84 Å². The number of nitrogens with one attached hydrogen (secondary N) is 1. The quantitative estimate of drug-likeness (QED) is 0.773. The topological polar surface area (TPSA) is 46.2 Å². The predicted octanol–water partition coefficient (Wildman–Crippen LogP) is 1.20. The van der Waals surface area contributed by atoms with Gasteiger partial charge < -0.3 is 5.32 Å². The second-order valence-electron chi connectivity index (χ2n) is 4.06. The fraction of sp³-hybridized carbons (Fsp3) is 1.00. The molecule has 1 aliphatic heterocycles. The maximum atomic E-state index is 11.2. The summed E-state index contributed by atoms with van der Waals surface area (Å²) in [5.41, 5.74) is 0. The van der Waals surface area contributed by atoms with Gasteiger partial charge in [-0.2, -0.15) is 0 Å². The van der Waals surface area contributed by atoms with Crippen molar-refractivity contribution >= 4 is 9.84 Å². The van der Waals surface area contributed by atoms with Crippen molar-refractivity contribution in [1.29, 1.82) is 0 Å². The first-order valence-electron chi connectivity index (χ1n) is 5.53. The molecule has 0 aromatic heterocycles. The van der Waals surface area contributed by atoms with Crippen LogP contribution in [0.15, 0.2) is 0 Å². The van der Waals surface area contributed by atoms with Crippen LogP contribution in [-0.4, -0.2) is 32.5 Å². The highest BCUT2D eigenvalue weighted by Crippen LogP contribution is 2.23. The third kappa shape index (κ3) is 3.24. The van der Waals surface area contributed by atoms with Gasteiger partial charge in [-0.25, -0.2) is 8.42 Å². The van der Waals surface area contributed by atoms with Gasteiger partial charge in [-0.15, -0.1) is 0 Å². The highest BCUT2D eigenvalue weighted by atomic mass is 32.2. The molecule has 1 saturated heterocycles. The predicted molar refractivity (Wildman–Crippen MR) is 59.1 cm³/mol. The summed E-state index contributed by atoms with van der Waals surface area (Å²) in [7, 11) is -2.70. The highest BCUT2D eigenvalue weighted by Gasteiger charge is 2.27. The number of rotatable bonds is 4. The van der Waals surface area contributed by atoms with Crippen LogP contribution in [-0.2, 0) is 9.84 Å². The van der Waals surface area contributed by atoms with E-state index in [2.05, 4.69) is 19.2 Å². The molecule has 3 nitrogen and oxygen atoms in total. The first kappa shape index (κ1) is 12.0. The normalized spacial score (nSPS) is 24.7. The molecule has 1 aliphatic rings. The molecule has 0 amide bonds. The molecule has 1 rings (SSSR count). The van der Waals surface area contributed by atoms with Crippen LogP contribution in [0.3, 0.4) is 0 Å². The van der Waals surface area contributed by atoms with Crippen LogP contribution >= 0.6 is 0 Å². The van der Waals surface area contributed by atoms with E-state index in [1.165, 1.54) is 0 Å². The van der Waals surface area contributed by atoms with Crippen LogP contribution in [0.1, 0.15) is 33.1 Å². The van der Waals surface area contributed by atoms with Gasteiger partial charge >= 0.3 is 0 Å². The molecule has 0 spiro atoms. The van der Waals surface area contributed by atoms with Crippen molar-refractivity contribution in [2.75, 3.05) is 18.1 Å². The molecular weight excluding hydrogens is 198 g/mol. The molecule has 0 bridgehead atoms. The summed E-state index contributed by atoms with van der Waals surface area (Å²) in [6, 6.07) is 0.510. The monoisotopic (exact) mass is 219 g/mol. The second-order valence-corrected chi connectivity index (χ2v) is 6.37. The van der Waals surface area contributed by atoms with Crippen molar-refractivity contribution in [3.05, 3.63) is 0 Å². The van der Waals surface area contributed by atoms with Gasteiger partial charge in [0, 0.05) is 6.04 Å². The maximum absolute atomic E-state index is 11.2. The Morgan fingerprint density at radius 3 is 2.29 bits per heavy atom. The molecular formula is C10H21NO2S. The molecule has 14 heavy (non-hydrogen) atoms. The highest BCUT2D eigenvalue weighted by molar-refractivity contribution is 7.91. The number of sulfone groups is 1. The minimum Gasteiger partial charge on any atom is -0.314 e. The molecule has 0 aromatic carbocycles. The molecule has 84 valence electrons. The average Bonchev–Trinajstić information content (AvgIpc) is 2.15. The van der Waals surface area contributed by atoms with E-state index in [0.29, 0.717) is 23.5 Å². The van der Waals surface area contributed by atoms with Crippen molar-refractivity contribution in [3.63, 3.8) is 0 Å². The lowest BCUT2D eigenvalue weighted by Gasteiger charge is -2.29. The van der Waals surface area contributed by atoms with Crippen LogP contribution in [0.25, 0.3) is 0 Å². The zero-order chi connectivity index (χ0) is 10.6. The van der Waals surface area contributed by atoms with Crippen LogP contribution in [0, 0.1) is 5.92 Å². The number of hydrogen-bond donors (Lipinski definition) is 1.